The molecule has 0 saturated heterocycles. The van der Waals surface area contributed by atoms with E-state index in [0.29, 0.717) is 12.8 Å². The Balaban J connectivity index is 2.28. The van der Waals surface area contributed by atoms with Crippen LogP contribution in [0.3, 0.4) is 0 Å². The van der Waals surface area contributed by atoms with Gasteiger partial charge in [-0.2, -0.15) is 13.2 Å². The van der Waals surface area contributed by atoms with Crippen molar-refractivity contribution in [3.63, 3.8) is 0 Å². The summed E-state index contributed by atoms with van der Waals surface area (Å²) in [4.78, 5) is 0. The van der Waals surface area contributed by atoms with Gasteiger partial charge < -0.3 is 0 Å². The molecular formula is C11H12F3S. The summed E-state index contributed by atoms with van der Waals surface area (Å²) in [7, 11) is 0. The van der Waals surface area contributed by atoms with E-state index in [2.05, 4.69) is 12.6 Å². The summed E-state index contributed by atoms with van der Waals surface area (Å²) >= 11 is 4.37. The van der Waals surface area contributed by atoms with Crippen molar-refractivity contribution in [1.82, 2.24) is 0 Å². The molecule has 0 aliphatic heterocycles. The molecule has 83 valence electrons. The number of rotatable bonds is 4. The molecular weight excluding hydrogens is 221 g/mol. The van der Waals surface area contributed by atoms with Crippen molar-refractivity contribution >= 4 is 12.6 Å². The van der Waals surface area contributed by atoms with Crippen LogP contribution in [0, 0.1) is 0 Å². The topological polar surface area (TPSA) is 0 Å². The van der Waals surface area contributed by atoms with Gasteiger partial charge in [0.1, 0.15) is 5.25 Å². The zero-order valence-electron chi connectivity index (χ0n) is 8.13. The Morgan fingerprint density at radius 1 is 1.13 bits per heavy atom. The Hall–Kier alpha value is -0.640. The minimum absolute atomic E-state index is 0.0216. The fraction of sp³-hybridized carbons (Fsp3) is 0.455. The molecule has 0 aliphatic rings. The standard InChI is InChI=1S/C11H12F3S/c12-11(13,14)10(15)8-4-7-9-5-2-1-3-6-9/h1-3,5-6,10H,4,7-8H2. The van der Waals surface area contributed by atoms with Crippen molar-refractivity contribution in [2.45, 2.75) is 30.7 Å². The molecule has 0 N–H and O–H groups in total. The van der Waals surface area contributed by atoms with E-state index in [1.807, 2.05) is 30.3 Å². The van der Waals surface area contributed by atoms with Crippen LogP contribution in [-0.2, 0) is 6.42 Å². The molecule has 1 atom stereocenters. The van der Waals surface area contributed by atoms with Gasteiger partial charge in [0.15, 0.2) is 0 Å². The molecule has 1 aromatic rings. The molecule has 0 nitrogen and oxygen atoms in total. The van der Waals surface area contributed by atoms with Crippen molar-refractivity contribution in [1.29, 1.82) is 0 Å². The lowest BCUT2D eigenvalue weighted by Gasteiger charge is -2.13. The highest BCUT2D eigenvalue weighted by Gasteiger charge is 2.36. The lowest BCUT2D eigenvalue weighted by Crippen LogP contribution is -2.23. The molecule has 0 fully saturated rings. The zero-order valence-corrected chi connectivity index (χ0v) is 8.94. The average Bonchev–Trinajstić information content (AvgIpc) is 2.18. The molecule has 1 rings (SSSR count). The lowest BCUT2D eigenvalue weighted by atomic mass is 10.1. The van der Waals surface area contributed by atoms with Gasteiger partial charge in [-0.05, 0) is 24.8 Å². The molecule has 0 heterocycles. The Morgan fingerprint density at radius 2 is 1.73 bits per heavy atom. The molecule has 0 amide bonds. The van der Waals surface area contributed by atoms with E-state index in [1.54, 1.807) is 0 Å². The number of hydrogen-bond donors (Lipinski definition) is 0. The average molecular weight is 233 g/mol. The largest absolute Gasteiger partial charge is 0.401 e. The third-order valence-electron chi connectivity index (χ3n) is 2.14. The highest BCUT2D eigenvalue weighted by Crippen LogP contribution is 2.28. The molecule has 0 aromatic heterocycles. The van der Waals surface area contributed by atoms with Crippen molar-refractivity contribution < 1.29 is 13.2 Å². The molecule has 4 heteroatoms. The van der Waals surface area contributed by atoms with E-state index in [-0.39, 0.29) is 6.42 Å². The minimum atomic E-state index is -4.23. The third kappa shape index (κ3) is 4.60. The molecule has 0 bridgehead atoms. The van der Waals surface area contributed by atoms with Crippen LogP contribution in [0.1, 0.15) is 18.4 Å². The number of alkyl halides is 3. The molecule has 1 aromatic carbocycles. The van der Waals surface area contributed by atoms with Crippen molar-refractivity contribution in [2.75, 3.05) is 0 Å². The fourth-order valence-corrected chi connectivity index (χ4v) is 1.47. The van der Waals surface area contributed by atoms with Gasteiger partial charge in [-0.1, -0.05) is 43.0 Å². The van der Waals surface area contributed by atoms with Crippen LogP contribution < -0.4 is 0 Å². The molecule has 15 heavy (non-hydrogen) atoms. The minimum Gasteiger partial charge on any atom is -0.170 e. The summed E-state index contributed by atoms with van der Waals surface area (Å²) in [5.74, 6) is 0. The summed E-state index contributed by atoms with van der Waals surface area (Å²) in [6, 6.07) is 9.46. The smallest absolute Gasteiger partial charge is 0.170 e. The maximum absolute atomic E-state index is 12.1. The van der Waals surface area contributed by atoms with Gasteiger partial charge in [0, 0.05) is 0 Å². The van der Waals surface area contributed by atoms with Crippen LogP contribution in [0.4, 0.5) is 13.2 Å². The SMILES string of the molecule is FC(F)(F)C([S])CCCc1ccccc1. The van der Waals surface area contributed by atoms with E-state index >= 15 is 0 Å². The van der Waals surface area contributed by atoms with Crippen molar-refractivity contribution in [3.8, 4) is 0 Å². The van der Waals surface area contributed by atoms with Crippen LogP contribution in [0.15, 0.2) is 30.3 Å². The van der Waals surface area contributed by atoms with Crippen molar-refractivity contribution in [2.24, 2.45) is 0 Å². The Labute approximate surface area is 92.9 Å². The molecule has 0 aliphatic carbocycles. The summed E-state index contributed by atoms with van der Waals surface area (Å²) in [6.45, 7) is 0. The predicted octanol–water partition coefficient (Wildman–Crippen LogP) is 4.14. The maximum Gasteiger partial charge on any atom is 0.401 e. The normalized spacial score (nSPS) is 13.9. The first-order chi connectivity index (χ1) is 7.00. The first-order valence-electron chi connectivity index (χ1n) is 4.76. The van der Waals surface area contributed by atoms with Gasteiger partial charge in [-0.3, -0.25) is 0 Å². The van der Waals surface area contributed by atoms with E-state index in [9.17, 15) is 13.2 Å². The number of aryl methyl sites for hydroxylation is 1. The highest BCUT2D eigenvalue weighted by atomic mass is 32.1. The van der Waals surface area contributed by atoms with Crippen LogP contribution in [0.5, 0.6) is 0 Å². The second-order valence-electron chi connectivity index (χ2n) is 3.41. The van der Waals surface area contributed by atoms with Gasteiger partial charge >= 0.3 is 6.18 Å². The van der Waals surface area contributed by atoms with Gasteiger partial charge in [0.05, 0.1) is 0 Å². The van der Waals surface area contributed by atoms with E-state index in [0.717, 1.165) is 5.56 Å². The summed E-state index contributed by atoms with van der Waals surface area (Å²) in [6.07, 6.45) is -3.07. The quantitative estimate of drug-likeness (QED) is 0.733. The zero-order chi connectivity index (χ0) is 11.3. The molecule has 0 spiro atoms. The second-order valence-corrected chi connectivity index (χ2v) is 3.98. The number of halogens is 3. The Morgan fingerprint density at radius 3 is 2.27 bits per heavy atom. The number of benzene rings is 1. The summed E-state index contributed by atoms with van der Waals surface area (Å²) in [5.41, 5.74) is 1.06. The van der Waals surface area contributed by atoms with E-state index in [1.165, 1.54) is 0 Å². The van der Waals surface area contributed by atoms with E-state index in [4.69, 9.17) is 0 Å². The van der Waals surface area contributed by atoms with Crippen LogP contribution in [0.2, 0.25) is 0 Å². The third-order valence-corrected chi connectivity index (χ3v) is 2.64. The van der Waals surface area contributed by atoms with Gasteiger partial charge in [0.25, 0.3) is 0 Å². The number of hydrogen-bond acceptors (Lipinski definition) is 0. The van der Waals surface area contributed by atoms with Crippen LogP contribution in [-0.4, -0.2) is 11.4 Å². The predicted molar refractivity (Wildman–Crippen MR) is 56.8 cm³/mol. The fourth-order valence-electron chi connectivity index (χ4n) is 1.30. The van der Waals surface area contributed by atoms with Crippen LogP contribution >= 0.6 is 12.6 Å². The first kappa shape index (κ1) is 12.4. The van der Waals surface area contributed by atoms with Crippen molar-refractivity contribution in [3.05, 3.63) is 35.9 Å². The van der Waals surface area contributed by atoms with Gasteiger partial charge in [0.2, 0.25) is 0 Å². The Bertz CT molecular complexity index is 282. The van der Waals surface area contributed by atoms with Gasteiger partial charge in [-0.25, -0.2) is 0 Å². The monoisotopic (exact) mass is 233 g/mol. The second kappa shape index (κ2) is 5.45. The van der Waals surface area contributed by atoms with E-state index < -0.39 is 11.4 Å². The van der Waals surface area contributed by atoms with Gasteiger partial charge in [-0.15, -0.1) is 0 Å². The molecule has 1 unspecified atom stereocenters. The first-order valence-corrected chi connectivity index (χ1v) is 5.24. The summed E-state index contributed by atoms with van der Waals surface area (Å²) < 4.78 is 36.2. The summed E-state index contributed by atoms with van der Waals surface area (Å²) in [5, 5.41) is -1.61. The molecule has 0 saturated carbocycles. The maximum atomic E-state index is 12.1. The molecule has 1 radical (unpaired) electrons. The lowest BCUT2D eigenvalue weighted by molar-refractivity contribution is -0.129. The highest BCUT2D eigenvalue weighted by molar-refractivity contribution is 7.81. The van der Waals surface area contributed by atoms with Crippen LogP contribution in [0.25, 0.3) is 0 Å². The Kier molecular flexibility index (Phi) is 4.51.